The molecule has 0 radical (unpaired) electrons. The lowest BCUT2D eigenvalue weighted by atomic mass is 10.4. The number of anilines is 2. The number of nitrogens with two attached hydrogens (primary N) is 1. The predicted octanol–water partition coefficient (Wildman–Crippen LogP) is 1.14. The van der Waals surface area contributed by atoms with Gasteiger partial charge in [0.05, 0.1) is 26.1 Å². The van der Waals surface area contributed by atoms with Gasteiger partial charge < -0.3 is 20.5 Å². The van der Waals surface area contributed by atoms with E-state index in [9.17, 15) is 28.8 Å². The van der Waals surface area contributed by atoms with Crippen LogP contribution >= 0.6 is 0 Å². The van der Waals surface area contributed by atoms with Gasteiger partial charge in [-0.1, -0.05) is 0 Å². The normalized spacial score (nSPS) is 9.70. The van der Waals surface area contributed by atoms with E-state index in [2.05, 4.69) is 45.6 Å². The first kappa shape index (κ1) is 35.6. The van der Waals surface area contributed by atoms with Crippen molar-refractivity contribution in [3.8, 4) is 0 Å². The SMILES string of the molecule is CCOC(=O)CCN.CCOC(=O)CCNC(=O)Nc1nc(C)cc(=O)[nH]1.Cc1cc(=O)[nH]c(NC(=O)n2ccnc2)n1.[HH].[HH].[HH]. The number of imidazole rings is 1. The van der Waals surface area contributed by atoms with Crippen LogP contribution in [-0.2, 0) is 19.1 Å². The summed E-state index contributed by atoms with van der Waals surface area (Å²) < 4.78 is 10.5. The minimum atomic E-state index is -0.557. The summed E-state index contributed by atoms with van der Waals surface area (Å²) in [6, 6.07) is 1.65. The van der Waals surface area contributed by atoms with Gasteiger partial charge in [0.1, 0.15) is 6.33 Å². The van der Waals surface area contributed by atoms with E-state index in [1.165, 1.54) is 35.4 Å². The Morgan fingerprint density at radius 1 is 0.907 bits per heavy atom. The van der Waals surface area contributed by atoms with Gasteiger partial charge in [-0.25, -0.2) is 24.5 Å². The molecule has 18 nitrogen and oxygen atoms in total. The summed E-state index contributed by atoms with van der Waals surface area (Å²) in [4.78, 5) is 83.0. The summed E-state index contributed by atoms with van der Waals surface area (Å²) in [6.45, 7) is 8.05. The molecule has 3 aromatic rings. The zero-order valence-electron chi connectivity index (χ0n) is 24.3. The lowest BCUT2D eigenvalue weighted by Crippen LogP contribution is -2.32. The largest absolute Gasteiger partial charge is 0.466 e. The van der Waals surface area contributed by atoms with Crippen LogP contribution in [0.4, 0.5) is 21.5 Å². The van der Waals surface area contributed by atoms with Crippen LogP contribution in [0.25, 0.3) is 0 Å². The molecule has 0 spiro atoms. The maximum Gasteiger partial charge on any atom is 0.333 e. The van der Waals surface area contributed by atoms with Crippen molar-refractivity contribution >= 4 is 35.9 Å². The number of amides is 3. The molecule has 0 fully saturated rings. The van der Waals surface area contributed by atoms with E-state index >= 15 is 0 Å². The summed E-state index contributed by atoms with van der Waals surface area (Å²) in [5, 5.41) is 7.25. The third kappa shape index (κ3) is 15.8. The molecule has 0 saturated heterocycles. The number of carbonyl (C=O) groups excluding carboxylic acids is 4. The van der Waals surface area contributed by atoms with Crippen LogP contribution in [0.3, 0.4) is 0 Å². The fourth-order valence-corrected chi connectivity index (χ4v) is 2.84. The van der Waals surface area contributed by atoms with Crippen LogP contribution in [0.5, 0.6) is 0 Å². The Bertz CT molecular complexity index is 1440. The number of H-pyrrole nitrogens is 2. The van der Waals surface area contributed by atoms with Crippen molar-refractivity contribution in [2.24, 2.45) is 5.73 Å². The highest BCUT2D eigenvalue weighted by Crippen LogP contribution is 1.98. The van der Waals surface area contributed by atoms with E-state index in [0.29, 0.717) is 37.6 Å². The number of hydrogen-bond donors (Lipinski definition) is 6. The fourth-order valence-electron chi connectivity index (χ4n) is 2.84. The number of rotatable bonds is 9. The highest BCUT2D eigenvalue weighted by atomic mass is 16.5. The minimum absolute atomic E-state index is 0. The quantitative estimate of drug-likeness (QED) is 0.186. The third-order valence-electron chi connectivity index (χ3n) is 4.51. The van der Waals surface area contributed by atoms with Gasteiger partial charge in [0, 0.05) is 53.3 Å². The molecule has 0 aromatic carbocycles. The molecule has 3 rings (SSSR count). The van der Waals surface area contributed by atoms with E-state index in [-0.39, 0.29) is 52.2 Å². The topological polar surface area (TPSA) is 258 Å². The molecule has 3 heterocycles. The number of hydrogen-bond acceptors (Lipinski definition) is 12. The number of ether oxygens (including phenoxy) is 2. The number of aromatic amines is 2. The molecule has 0 aliphatic heterocycles. The van der Waals surface area contributed by atoms with Gasteiger partial charge in [0.15, 0.2) is 0 Å². The maximum atomic E-state index is 11.5. The van der Waals surface area contributed by atoms with Crippen molar-refractivity contribution in [3.63, 3.8) is 0 Å². The Balaban J connectivity index is -0.000000625. The average Bonchev–Trinajstić information content (AvgIpc) is 3.44. The lowest BCUT2D eigenvalue weighted by Gasteiger charge is -2.06. The van der Waals surface area contributed by atoms with E-state index in [0.717, 1.165) is 0 Å². The highest BCUT2D eigenvalue weighted by molar-refractivity contribution is 5.89. The zero-order chi connectivity index (χ0) is 32.2. The van der Waals surface area contributed by atoms with Gasteiger partial charge in [-0.3, -0.25) is 44.3 Å². The molecule has 0 aliphatic carbocycles. The first-order valence-electron chi connectivity index (χ1n) is 13.0. The van der Waals surface area contributed by atoms with E-state index in [4.69, 9.17) is 10.5 Å². The predicted molar refractivity (Wildman–Crippen MR) is 161 cm³/mol. The van der Waals surface area contributed by atoms with Crippen LogP contribution in [-0.4, -0.2) is 79.8 Å². The first-order valence-corrected chi connectivity index (χ1v) is 13.0. The smallest absolute Gasteiger partial charge is 0.333 e. The number of aryl methyl sites for hydroxylation is 2. The number of nitrogens with zero attached hydrogens (tertiary/aromatic N) is 4. The van der Waals surface area contributed by atoms with Crippen molar-refractivity contribution in [2.75, 3.05) is 36.9 Å². The molecule has 0 bridgehead atoms. The molecule has 43 heavy (non-hydrogen) atoms. The standard InChI is InChI=1S/C11H16N4O4.C9H9N5O2.C5H11NO2.3H2/c1-3-19-9(17)4-5-12-11(18)15-10-13-7(2)6-8(16)14-10;1-6-4-7(15)12-8(11-6)13-9(16)14-3-2-10-5-14;1-2-8-5(7)3-4-6;;;/h6H,3-5H2,1-2H3,(H3,12,13,14,15,16,18);2-5H,1H3,(H2,11,12,13,15,16);2-4,6H2,1H3;3*1H. The molecule has 0 aliphatic rings. The number of aromatic nitrogens is 6. The first-order chi connectivity index (χ1) is 20.5. The van der Waals surface area contributed by atoms with Crippen LogP contribution < -0.4 is 32.8 Å². The molecule has 7 N–H and O–H groups in total. The number of carbonyl (C=O) groups is 4. The summed E-state index contributed by atoms with van der Waals surface area (Å²) >= 11 is 0. The summed E-state index contributed by atoms with van der Waals surface area (Å²) in [5.41, 5.74) is 5.42. The molecule has 18 heteroatoms. The van der Waals surface area contributed by atoms with Crippen molar-refractivity contribution in [3.05, 3.63) is 62.9 Å². The van der Waals surface area contributed by atoms with Gasteiger partial charge in [-0.15, -0.1) is 0 Å². The highest BCUT2D eigenvalue weighted by Gasteiger charge is 2.07. The fraction of sp³-hybridized carbons (Fsp3) is 0.400. The summed E-state index contributed by atoms with van der Waals surface area (Å²) in [6.07, 6.45) is 4.73. The van der Waals surface area contributed by atoms with E-state index < -0.39 is 12.1 Å². The van der Waals surface area contributed by atoms with Crippen molar-refractivity contribution < 1.29 is 32.9 Å². The van der Waals surface area contributed by atoms with Gasteiger partial charge in [-0.05, 0) is 27.7 Å². The zero-order valence-corrected chi connectivity index (χ0v) is 24.3. The molecule has 240 valence electrons. The number of esters is 2. The summed E-state index contributed by atoms with van der Waals surface area (Å²) in [5.74, 6) is -0.428. The summed E-state index contributed by atoms with van der Waals surface area (Å²) in [7, 11) is 0. The molecule has 0 saturated carbocycles. The number of nitrogens with one attached hydrogen (secondary N) is 5. The molecule has 0 unspecified atom stereocenters. The third-order valence-corrected chi connectivity index (χ3v) is 4.51. The van der Waals surface area contributed by atoms with Crippen LogP contribution in [0.15, 0.2) is 40.4 Å². The Morgan fingerprint density at radius 3 is 1.91 bits per heavy atom. The maximum absolute atomic E-state index is 11.5. The van der Waals surface area contributed by atoms with Crippen molar-refractivity contribution in [2.45, 2.75) is 40.5 Å². The van der Waals surface area contributed by atoms with Gasteiger partial charge in [-0.2, -0.15) is 0 Å². The van der Waals surface area contributed by atoms with Crippen LogP contribution in [0.1, 0.15) is 42.4 Å². The van der Waals surface area contributed by atoms with Crippen LogP contribution in [0, 0.1) is 13.8 Å². The Labute approximate surface area is 250 Å². The molecule has 3 amide bonds. The van der Waals surface area contributed by atoms with Gasteiger partial charge >= 0.3 is 24.0 Å². The average molecular weight is 611 g/mol. The second-order valence-corrected chi connectivity index (χ2v) is 8.15. The Kier molecular flexibility index (Phi) is 16.3. The lowest BCUT2D eigenvalue weighted by molar-refractivity contribution is -0.143. The second-order valence-electron chi connectivity index (χ2n) is 8.15. The second kappa shape index (κ2) is 19.6. The van der Waals surface area contributed by atoms with Crippen molar-refractivity contribution in [1.82, 2.24) is 34.8 Å². The van der Waals surface area contributed by atoms with Gasteiger partial charge in [0.25, 0.3) is 11.1 Å². The monoisotopic (exact) mass is 610 g/mol. The van der Waals surface area contributed by atoms with E-state index in [1.807, 2.05) is 0 Å². The van der Waals surface area contributed by atoms with E-state index in [1.54, 1.807) is 27.7 Å². The number of urea groups is 1. The molecular formula is C25H42N10O8. The molecule has 0 atom stereocenters. The van der Waals surface area contributed by atoms with Crippen molar-refractivity contribution in [1.29, 1.82) is 0 Å². The van der Waals surface area contributed by atoms with Crippen LogP contribution in [0.2, 0.25) is 0 Å². The molecule has 3 aromatic heterocycles. The Morgan fingerprint density at radius 2 is 1.44 bits per heavy atom. The van der Waals surface area contributed by atoms with Gasteiger partial charge in [0.2, 0.25) is 11.9 Å². The minimum Gasteiger partial charge on any atom is -0.466 e. The Hall–Kier alpha value is -5.39. The molecular weight excluding hydrogens is 568 g/mol.